The van der Waals surface area contributed by atoms with Gasteiger partial charge in [0.15, 0.2) is 0 Å². The van der Waals surface area contributed by atoms with E-state index in [1.54, 1.807) is 24.0 Å². The van der Waals surface area contributed by atoms with E-state index in [2.05, 4.69) is 5.92 Å². The lowest BCUT2D eigenvalue weighted by Gasteiger charge is -2.24. The van der Waals surface area contributed by atoms with Crippen molar-refractivity contribution in [1.29, 1.82) is 0 Å². The van der Waals surface area contributed by atoms with Crippen molar-refractivity contribution in [2.45, 2.75) is 25.7 Å². The topological polar surface area (TPSA) is 63.5 Å². The maximum atomic E-state index is 12.5. The van der Waals surface area contributed by atoms with Crippen LogP contribution in [0.1, 0.15) is 31.2 Å². The number of nitro groups is 1. The number of terminal acetylenes is 1. The van der Waals surface area contributed by atoms with E-state index in [4.69, 9.17) is 6.42 Å². The number of non-ortho nitro benzene ring substituents is 1. The van der Waals surface area contributed by atoms with E-state index in [-0.39, 0.29) is 18.1 Å². The lowest BCUT2D eigenvalue weighted by Crippen LogP contribution is -2.36. The SMILES string of the molecule is C#CCN(CC1CC1)C(=O)C(C)c1cccc([N+](=O)[O-])c1. The number of rotatable bonds is 6. The second-order valence-corrected chi connectivity index (χ2v) is 5.44. The van der Waals surface area contributed by atoms with Gasteiger partial charge in [-0.25, -0.2) is 0 Å². The Morgan fingerprint density at radius 1 is 1.57 bits per heavy atom. The highest BCUT2D eigenvalue weighted by molar-refractivity contribution is 5.83. The van der Waals surface area contributed by atoms with Gasteiger partial charge < -0.3 is 4.90 Å². The van der Waals surface area contributed by atoms with E-state index in [9.17, 15) is 14.9 Å². The lowest BCUT2D eigenvalue weighted by atomic mass is 9.99. The Morgan fingerprint density at radius 3 is 2.86 bits per heavy atom. The summed E-state index contributed by atoms with van der Waals surface area (Å²) in [5.41, 5.74) is 0.643. The number of carbonyl (C=O) groups is 1. The molecule has 1 saturated carbocycles. The Balaban J connectivity index is 2.14. The molecule has 0 bridgehead atoms. The third kappa shape index (κ3) is 3.82. The number of nitrogens with zero attached hydrogens (tertiary/aromatic N) is 2. The summed E-state index contributed by atoms with van der Waals surface area (Å²) >= 11 is 0. The average molecular weight is 286 g/mol. The zero-order chi connectivity index (χ0) is 15.4. The maximum absolute atomic E-state index is 12.5. The van der Waals surface area contributed by atoms with Gasteiger partial charge in [-0.3, -0.25) is 14.9 Å². The molecule has 1 atom stereocenters. The molecule has 110 valence electrons. The van der Waals surface area contributed by atoms with Crippen LogP contribution < -0.4 is 0 Å². The molecule has 1 fully saturated rings. The number of hydrogen-bond donors (Lipinski definition) is 0. The normalized spacial score (nSPS) is 15.0. The molecule has 1 aliphatic rings. The molecule has 1 unspecified atom stereocenters. The standard InChI is InChI=1S/C16H18N2O3/c1-3-9-17(11-13-7-8-13)16(19)12(2)14-5-4-6-15(10-14)18(20)21/h1,4-6,10,12-13H,7-9,11H2,2H3. The van der Waals surface area contributed by atoms with Crippen LogP contribution in [0.3, 0.4) is 0 Å². The van der Waals surface area contributed by atoms with Crippen LogP contribution in [0.25, 0.3) is 0 Å². The number of carbonyl (C=O) groups excluding carboxylic acids is 1. The van der Waals surface area contributed by atoms with Gasteiger partial charge in [0.2, 0.25) is 5.91 Å². The number of hydrogen-bond acceptors (Lipinski definition) is 3. The highest BCUT2D eigenvalue weighted by atomic mass is 16.6. The van der Waals surface area contributed by atoms with Crippen LogP contribution in [0.4, 0.5) is 5.69 Å². The Kier molecular flexibility index (Phi) is 4.59. The molecule has 2 rings (SSSR count). The van der Waals surface area contributed by atoms with Gasteiger partial charge in [-0.05, 0) is 31.2 Å². The third-order valence-electron chi connectivity index (χ3n) is 3.72. The van der Waals surface area contributed by atoms with Gasteiger partial charge in [-0.15, -0.1) is 6.42 Å². The van der Waals surface area contributed by atoms with Gasteiger partial charge >= 0.3 is 0 Å². The molecule has 0 aromatic heterocycles. The zero-order valence-corrected chi connectivity index (χ0v) is 12.0. The molecule has 1 aromatic carbocycles. The molecule has 5 nitrogen and oxygen atoms in total. The van der Waals surface area contributed by atoms with Crippen LogP contribution in [-0.4, -0.2) is 28.8 Å². The molecule has 1 aliphatic carbocycles. The highest BCUT2D eigenvalue weighted by Gasteiger charge is 2.29. The second kappa shape index (κ2) is 6.40. The number of nitro benzene ring substituents is 1. The van der Waals surface area contributed by atoms with Crippen LogP contribution >= 0.6 is 0 Å². The minimum Gasteiger partial charge on any atom is -0.331 e. The van der Waals surface area contributed by atoms with Crippen LogP contribution in [0.2, 0.25) is 0 Å². The van der Waals surface area contributed by atoms with Crippen molar-refractivity contribution < 1.29 is 9.72 Å². The Labute approximate surface area is 124 Å². The van der Waals surface area contributed by atoms with Gasteiger partial charge in [0.05, 0.1) is 17.4 Å². The molecule has 0 spiro atoms. The highest BCUT2D eigenvalue weighted by Crippen LogP contribution is 2.31. The summed E-state index contributed by atoms with van der Waals surface area (Å²) in [6.07, 6.45) is 7.61. The van der Waals surface area contributed by atoms with Gasteiger partial charge in [-0.2, -0.15) is 0 Å². The van der Waals surface area contributed by atoms with Crippen molar-refractivity contribution in [2.24, 2.45) is 5.92 Å². The van der Waals surface area contributed by atoms with Gasteiger partial charge in [0.25, 0.3) is 5.69 Å². The molecule has 1 amide bonds. The lowest BCUT2D eigenvalue weighted by molar-refractivity contribution is -0.384. The second-order valence-electron chi connectivity index (χ2n) is 5.44. The molecule has 5 heteroatoms. The summed E-state index contributed by atoms with van der Waals surface area (Å²) in [6, 6.07) is 6.21. The van der Waals surface area contributed by atoms with E-state index in [0.717, 1.165) is 12.8 Å². The quantitative estimate of drug-likeness (QED) is 0.458. The predicted molar refractivity (Wildman–Crippen MR) is 79.6 cm³/mol. The summed E-state index contributed by atoms with van der Waals surface area (Å²) in [4.78, 5) is 24.6. The van der Waals surface area contributed by atoms with Gasteiger partial charge in [-0.1, -0.05) is 18.1 Å². The Morgan fingerprint density at radius 2 is 2.29 bits per heavy atom. The summed E-state index contributed by atoms with van der Waals surface area (Å²) < 4.78 is 0. The molecule has 0 N–H and O–H groups in total. The molecule has 21 heavy (non-hydrogen) atoms. The first-order valence-electron chi connectivity index (χ1n) is 6.99. The van der Waals surface area contributed by atoms with Crippen LogP contribution in [0.15, 0.2) is 24.3 Å². The fraction of sp³-hybridized carbons (Fsp3) is 0.438. The monoisotopic (exact) mass is 286 g/mol. The minimum absolute atomic E-state index is 0.00200. The van der Waals surface area contributed by atoms with Crippen LogP contribution in [-0.2, 0) is 4.79 Å². The average Bonchev–Trinajstić information content (AvgIpc) is 3.29. The first-order valence-corrected chi connectivity index (χ1v) is 6.99. The molecular formula is C16H18N2O3. The zero-order valence-electron chi connectivity index (χ0n) is 12.0. The van der Waals surface area contributed by atoms with E-state index in [1.165, 1.54) is 12.1 Å². The van der Waals surface area contributed by atoms with Crippen molar-refractivity contribution in [3.8, 4) is 12.3 Å². The van der Waals surface area contributed by atoms with Gasteiger partial charge in [0, 0.05) is 18.7 Å². The Hall–Kier alpha value is -2.35. The molecule has 0 heterocycles. The van der Waals surface area contributed by atoms with Crippen molar-refractivity contribution in [2.75, 3.05) is 13.1 Å². The smallest absolute Gasteiger partial charge is 0.269 e. The van der Waals surface area contributed by atoms with E-state index in [0.29, 0.717) is 18.0 Å². The maximum Gasteiger partial charge on any atom is 0.269 e. The van der Waals surface area contributed by atoms with Crippen molar-refractivity contribution in [1.82, 2.24) is 4.90 Å². The van der Waals surface area contributed by atoms with Crippen molar-refractivity contribution >= 4 is 11.6 Å². The van der Waals surface area contributed by atoms with E-state index in [1.807, 2.05) is 0 Å². The molecule has 1 aromatic rings. The first-order chi connectivity index (χ1) is 10.0. The third-order valence-corrected chi connectivity index (χ3v) is 3.72. The van der Waals surface area contributed by atoms with E-state index >= 15 is 0 Å². The first kappa shape index (κ1) is 15.0. The number of benzene rings is 1. The summed E-state index contributed by atoms with van der Waals surface area (Å²) in [6.45, 7) is 2.73. The minimum atomic E-state index is -0.454. The summed E-state index contributed by atoms with van der Waals surface area (Å²) in [7, 11) is 0. The van der Waals surface area contributed by atoms with Gasteiger partial charge in [0.1, 0.15) is 0 Å². The summed E-state index contributed by atoms with van der Waals surface area (Å²) in [5.74, 6) is 2.57. The molecule has 0 aliphatic heterocycles. The fourth-order valence-corrected chi connectivity index (χ4v) is 2.28. The molecule has 0 saturated heterocycles. The fourth-order valence-electron chi connectivity index (χ4n) is 2.28. The predicted octanol–water partition coefficient (Wildman–Crippen LogP) is 2.57. The van der Waals surface area contributed by atoms with E-state index < -0.39 is 10.8 Å². The largest absolute Gasteiger partial charge is 0.331 e. The molecule has 0 radical (unpaired) electrons. The summed E-state index contributed by atoms with van der Waals surface area (Å²) in [5, 5.41) is 10.8. The van der Waals surface area contributed by atoms with Crippen LogP contribution in [0, 0.1) is 28.4 Å². The number of amides is 1. The van der Waals surface area contributed by atoms with Crippen molar-refractivity contribution in [3.63, 3.8) is 0 Å². The molecular weight excluding hydrogens is 268 g/mol. The Bertz CT molecular complexity index is 587. The van der Waals surface area contributed by atoms with Crippen LogP contribution in [0.5, 0.6) is 0 Å². The van der Waals surface area contributed by atoms with Crippen molar-refractivity contribution in [3.05, 3.63) is 39.9 Å².